The number of carbonyl (C=O) groups is 1. The molecule has 0 unspecified atom stereocenters. The van der Waals surface area contributed by atoms with Gasteiger partial charge in [-0.2, -0.15) is 5.10 Å². The highest BCUT2D eigenvalue weighted by Crippen LogP contribution is 2.34. The summed E-state index contributed by atoms with van der Waals surface area (Å²) in [5, 5.41) is 7.60. The van der Waals surface area contributed by atoms with Crippen molar-refractivity contribution >= 4 is 5.91 Å². The second-order valence-corrected chi connectivity index (χ2v) is 7.18. The van der Waals surface area contributed by atoms with Gasteiger partial charge in [-0.25, -0.2) is 0 Å². The van der Waals surface area contributed by atoms with Crippen LogP contribution in [-0.4, -0.2) is 34.3 Å². The van der Waals surface area contributed by atoms with Crippen LogP contribution in [-0.2, 0) is 13.0 Å². The van der Waals surface area contributed by atoms with E-state index in [9.17, 15) is 4.79 Å². The van der Waals surface area contributed by atoms with Crippen LogP contribution >= 0.6 is 0 Å². The molecule has 0 saturated carbocycles. The fraction of sp³-hybridized carbons (Fsp3) is 0.273. The second-order valence-electron chi connectivity index (χ2n) is 7.18. The molecule has 1 amide bonds. The van der Waals surface area contributed by atoms with Crippen molar-refractivity contribution in [2.24, 2.45) is 0 Å². The second kappa shape index (κ2) is 7.16. The summed E-state index contributed by atoms with van der Waals surface area (Å²) < 4.78 is 16.8. The third-order valence-corrected chi connectivity index (χ3v) is 5.31. The molecule has 1 atom stereocenters. The summed E-state index contributed by atoms with van der Waals surface area (Å²) in [4.78, 5) is 14.9. The quantitative estimate of drug-likeness (QED) is 0.737. The summed E-state index contributed by atoms with van der Waals surface area (Å²) in [6, 6.07) is 15.0. The molecule has 0 saturated heterocycles. The zero-order valence-corrected chi connectivity index (χ0v) is 16.1. The van der Waals surface area contributed by atoms with Crippen LogP contribution in [0.15, 0.2) is 48.5 Å². The lowest BCUT2D eigenvalue weighted by Crippen LogP contribution is -2.36. The minimum atomic E-state index is -0.224. The van der Waals surface area contributed by atoms with E-state index in [-0.39, 0.29) is 18.8 Å². The Morgan fingerprint density at radius 2 is 2.00 bits per heavy atom. The molecule has 1 N–H and O–H groups in total. The van der Waals surface area contributed by atoms with E-state index in [1.54, 1.807) is 18.2 Å². The van der Waals surface area contributed by atoms with E-state index < -0.39 is 0 Å². The van der Waals surface area contributed by atoms with Gasteiger partial charge < -0.3 is 19.1 Å². The molecule has 0 radical (unpaired) electrons. The van der Waals surface area contributed by atoms with E-state index in [4.69, 9.17) is 14.2 Å². The van der Waals surface area contributed by atoms with Crippen molar-refractivity contribution in [1.29, 1.82) is 0 Å². The largest absolute Gasteiger partial charge is 0.484 e. The van der Waals surface area contributed by atoms with Gasteiger partial charge in [-0.05, 0) is 37.3 Å². The third kappa shape index (κ3) is 3.29. The van der Waals surface area contributed by atoms with E-state index in [0.717, 1.165) is 29.1 Å². The van der Waals surface area contributed by atoms with Crippen molar-refractivity contribution in [1.82, 2.24) is 15.1 Å². The first-order valence-electron chi connectivity index (χ1n) is 9.65. The molecule has 148 valence electrons. The van der Waals surface area contributed by atoms with Crippen LogP contribution in [0.25, 0.3) is 0 Å². The monoisotopic (exact) mass is 391 g/mol. The number of hydrogen-bond donors (Lipinski definition) is 1. The van der Waals surface area contributed by atoms with Crippen molar-refractivity contribution in [3.05, 3.63) is 71.0 Å². The Labute approximate surface area is 168 Å². The Morgan fingerprint density at radius 1 is 1.17 bits per heavy atom. The highest BCUT2D eigenvalue weighted by Gasteiger charge is 2.29. The summed E-state index contributed by atoms with van der Waals surface area (Å²) in [5.41, 5.74) is 3.54. The number of nitrogens with one attached hydrogen (secondary N) is 1. The van der Waals surface area contributed by atoms with Crippen molar-refractivity contribution < 1.29 is 19.0 Å². The Bertz CT molecular complexity index is 1050. The van der Waals surface area contributed by atoms with Gasteiger partial charge in [0.25, 0.3) is 5.91 Å². The molecule has 7 heteroatoms. The highest BCUT2D eigenvalue weighted by molar-refractivity contribution is 5.95. The average molecular weight is 391 g/mol. The van der Waals surface area contributed by atoms with E-state index in [1.165, 1.54) is 0 Å². The van der Waals surface area contributed by atoms with Crippen LogP contribution < -0.4 is 14.2 Å². The zero-order chi connectivity index (χ0) is 19.8. The predicted octanol–water partition coefficient (Wildman–Crippen LogP) is 3.48. The van der Waals surface area contributed by atoms with Crippen molar-refractivity contribution in [3.8, 4) is 17.2 Å². The Morgan fingerprint density at radius 3 is 2.86 bits per heavy atom. The van der Waals surface area contributed by atoms with Gasteiger partial charge >= 0.3 is 0 Å². The van der Waals surface area contributed by atoms with Gasteiger partial charge in [0.15, 0.2) is 11.5 Å². The minimum absolute atomic E-state index is 0.0299. The Hall–Kier alpha value is -3.48. The summed E-state index contributed by atoms with van der Waals surface area (Å²) >= 11 is 0. The molecular formula is C22H21N3O4. The number of amides is 1. The minimum Gasteiger partial charge on any atom is -0.484 e. The number of aromatic amines is 1. The Kier molecular flexibility index (Phi) is 4.35. The summed E-state index contributed by atoms with van der Waals surface area (Å²) in [6.07, 6.45) is 0.509. The number of carbonyl (C=O) groups excluding carboxylic acids is 1. The summed E-state index contributed by atoms with van der Waals surface area (Å²) in [6.45, 7) is 3.30. The van der Waals surface area contributed by atoms with Crippen LogP contribution in [0, 0.1) is 0 Å². The number of benzene rings is 2. The summed E-state index contributed by atoms with van der Waals surface area (Å²) in [5.74, 6) is 2.05. The molecule has 2 aliphatic heterocycles. The summed E-state index contributed by atoms with van der Waals surface area (Å²) in [7, 11) is 0. The molecule has 3 heterocycles. The van der Waals surface area contributed by atoms with Gasteiger partial charge in [0, 0.05) is 36.3 Å². The number of fused-ring (bicyclic) bond motifs is 2. The van der Waals surface area contributed by atoms with Gasteiger partial charge in [-0.3, -0.25) is 9.89 Å². The smallest absolute Gasteiger partial charge is 0.254 e. The van der Waals surface area contributed by atoms with E-state index >= 15 is 0 Å². The number of rotatable bonds is 4. The van der Waals surface area contributed by atoms with E-state index in [0.29, 0.717) is 30.2 Å². The number of ether oxygens (including phenoxy) is 3. The number of hydrogen-bond acceptors (Lipinski definition) is 5. The molecule has 0 bridgehead atoms. The van der Waals surface area contributed by atoms with Crippen LogP contribution in [0.2, 0.25) is 0 Å². The normalized spacial score (nSPS) is 15.7. The van der Waals surface area contributed by atoms with Crippen molar-refractivity contribution in [2.75, 3.05) is 13.3 Å². The third-order valence-electron chi connectivity index (χ3n) is 5.31. The fourth-order valence-electron chi connectivity index (χ4n) is 3.80. The maximum atomic E-state index is 13.1. The number of para-hydroxylation sites is 1. The van der Waals surface area contributed by atoms with Crippen LogP contribution in [0.1, 0.15) is 40.3 Å². The van der Waals surface area contributed by atoms with Crippen molar-refractivity contribution in [3.63, 3.8) is 0 Å². The number of nitrogens with zero attached hydrogens (tertiary/aromatic N) is 2. The van der Waals surface area contributed by atoms with Gasteiger partial charge in [0.1, 0.15) is 17.5 Å². The first kappa shape index (κ1) is 17.6. The molecule has 0 fully saturated rings. The zero-order valence-electron chi connectivity index (χ0n) is 16.1. The molecule has 7 nitrogen and oxygen atoms in total. The molecule has 3 aromatic rings. The van der Waals surface area contributed by atoms with Crippen molar-refractivity contribution in [2.45, 2.75) is 26.0 Å². The molecule has 0 spiro atoms. The Balaban J connectivity index is 1.35. The van der Waals surface area contributed by atoms with Gasteiger partial charge in [-0.1, -0.05) is 18.2 Å². The maximum Gasteiger partial charge on any atom is 0.254 e. The molecule has 29 heavy (non-hydrogen) atoms. The van der Waals surface area contributed by atoms with Gasteiger partial charge in [0.2, 0.25) is 6.79 Å². The van der Waals surface area contributed by atoms with Gasteiger partial charge in [0.05, 0.1) is 0 Å². The van der Waals surface area contributed by atoms with Crippen LogP contribution in [0.3, 0.4) is 0 Å². The van der Waals surface area contributed by atoms with E-state index in [1.807, 2.05) is 42.2 Å². The molecule has 2 aromatic carbocycles. The first-order chi connectivity index (χ1) is 14.2. The standard InChI is InChI=1S/C22H21N3O4/c1-14(29-16-5-3-2-4-6-16)21-17-12-25(10-9-18(17)23-24-21)22(26)15-7-8-19-20(11-15)28-13-27-19/h2-8,11,14H,9-10,12-13H2,1H3,(H,23,24)/t14-/m1/s1. The SMILES string of the molecule is C[C@@H](Oc1ccccc1)c1n[nH]c2c1CN(C(=O)c1ccc3c(c1)OCO3)CC2. The molecular weight excluding hydrogens is 370 g/mol. The number of H-pyrrole nitrogens is 1. The fourth-order valence-corrected chi connectivity index (χ4v) is 3.80. The lowest BCUT2D eigenvalue weighted by molar-refractivity contribution is 0.0732. The topological polar surface area (TPSA) is 76.7 Å². The number of aromatic nitrogens is 2. The first-order valence-corrected chi connectivity index (χ1v) is 9.65. The molecule has 0 aliphatic carbocycles. The molecule has 5 rings (SSSR count). The van der Waals surface area contributed by atoms with Gasteiger partial charge in [-0.15, -0.1) is 0 Å². The van der Waals surface area contributed by atoms with Crippen LogP contribution in [0.4, 0.5) is 0 Å². The van der Waals surface area contributed by atoms with E-state index in [2.05, 4.69) is 10.2 Å². The molecule has 2 aliphatic rings. The lowest BCUT2D eigenvalue weighted by Gasteiger charge is -2.28. The lowest BCUT2D eigenvalue weighted by atomic mass is 10.0. The maximum absolute atomic E-state index is 13.1. The molecule has 1 aromatic heterocycles. The highest BCUT2D eigenvalue weighted by atomic mass is 16.7. The predicted molar refractivity (Wildman–Crippen MR) is 105 cm³/mol. The average Bonchev–Trinajstić information content (AvgIpc) is 3.39. The van der Waals surface area contributed by atoms with Crippen LogP contribution in [0.5, 0.6) is 17.2 Å².